The van der Waals surface area contributed by atoms with Gasteiger partial charge in [0.25, 0.3) is 0 Å². The standard InChI is InChI=1S/C23H34N4O4/c1-16(24-15-27(5)6)21-12-11-20(13-17(21)14-25-29)30-19-9-7-18(8-10-19)26-22(28)31-23(2,3)4/h11-15,18-19,29H,1,7-10H2,2-6H3,(H,26,28)/b24-15?,25-14-. The first-order chi connectivity index (χ1) is 14.6. The summed E-state index contributed by atoms with van der Waals surface area (Å²) in [5, 5.41) is 15.1. The summed E-state index contributed by atoms with van der Waals surface area (Å²) in [6, 6.07) is 5.63. The normalized spacial score (nSPS) is 19.4. The predicted molar refractivity (Wildman–Crippen MR) is 123 cm³/mol. The molecule has 0 saturated heterocycles. The molecular formula is C23H34N4O4. The van der Waals surface area contributed by atoms with Crippen LogP contribution in [0.3, 0.4) is 0 Å². The lowest BCUT2D eigenvalue weighted by Gasteiger charge is -2.30. The van der Waals surface area contributed by atoms with Crippen LogP contribution in [0.25, 0.3) is 5.70 Å². The monoisotopic (exact) mass is 430 g/mol. The highest BCUT2D eigenvalue weighted by Gasteiger charge is 2.25. The summed E-state index contributed by atoms with van der Waals surface area (Å²) in [5.74, 6) is 0.687. The van der Waals surface area contributed by atoms with Crippen LogP contribution in [0, 0.1) is 0 Å². The fourth-order valence-corrected chi connectivity index (χ4v) is 3.29. The van der Waals surface area contributed by atoms with Crippen molar-refractivity contribution < 1.29 is 19.5 Å². The van der Waals surface area contributed by atoms with Gasteiger partial charge in [-0.1, -0.05) is 11.7 Å². The number of benzene rings is 1. The van der Waals surface area contributed by atoms with Gasteiger partial charge in [0.15, 0.2) is 0 Å². The highest BCUT2D eigenvalue weighted by molar-refractivity contribution is 5.89. The zero-order valence-corrected chi connectivity index (χ0v) is 19.1. The second-order valence-corrected chi connectivity index (χ2v) is 8.89. The third kappa shape index (κ3) is 8.32. The van der Waals surface area contributed by atoms with E-state index in [1.807, 2.05) is 58.0 Å². The Hall–Kier alpha value is -3.03. The Morgan fingerprint density at radius 3 is 2.52 bits per heavy atom. The number of carbonyl (C=O) groups is 1. The summed E-state index contributed by atoms with van der Waals surface area (Å²) in [7, 11) is 3.75. The third-order valence-corrected chi connectivity index (χ3v) is 4.67. The first kappa shape index (κ1) is 24.2. The van der Waals surface area contributed by atoms with E-state index in [1.165, 1.54) is 6.21 Å². The summed E-state index contributed by atoms with van der Waals surface area (Å²) >= 11 is 0. The SMILES string of the molecule is C=C(N=CN(C)C)c1ccc(OC2CCC(NC(=O)OC(C)(C)C)CC2)cc1/C=N\O. The molecule has 0 bridgehead atoms. The van der Waals surface area contributed by atoms with Crippen LogP contribution >= 0.6 is 0 Å². The molecule has 1 amide bonds. The zero-order valence-electron chi connectivity index (χ0n) is 19.1. The van der Waals surface area contributed by atoms with Gasteiger partial charge in [0.05, 0.1) is 24.4 Å². The van der Waals surface area contributed by atoms with Crippen molar-refractivity contribution in [2.45, 2.75) is 64.2 Å². The van der Waals surface area contributed by atoms with Gasteiger partial charge < -0.3 is 24.9 Å². The molecule has 8 nitrogen and oxygen atoms in total. The number of alkyl carbamates (subject to hydrolysis) is 1. The van der Waals surface area contributed by atoms with Gasteiger partial charge >= 0.3 is 6.09 Å². The number of amides is 1. The zero-order chi connectivity index (χ0) is 23.0. The maximum atomic E-state index is 12.0. The van der Waals surface area contributed by atoms with Crippen molar-refractivity contribution >= 4 is 24.3 Å². The summed E-state index contributed by atoms with van der Waals surface area (Å²) in [6.45, 7) is 9.53. The molecular weight excluding hydrogens is 396 g/mol. The molecule has 2 rings (SSSR count). The molecule has 1 aliphatic carbocycles. The first-order valence-corrected chi connectivity index (χ1v) is 10.4. The lowest BCUT2D eigenvalue weighted by molar-refractivity contribution is 0.0471. The molecule has 1 saturated carbocycles. The number of carbonyl (C=O) groups excluding carboxylic acids is 1. The summed E-state index contributed by atoms with van der Waals surface area (Å²) < 4.78 is 11.5. The lowest BCUT2D eigenvalue weighted by Crippen LogP contribution is -2.42. The third-order valence-electron chi connectivity index (χ3n) is 4.67. The van der Waals surface area contributed by atoms with E-state index in [4.69, 9.17) is 14.7 Å². The van der Waals surface area contributed by atoms with Crippen LogP contribution in [0.5, 0.6) is 5.75 Å². The van der Waals surface area contributed by atoms with Gasteiger partial charge in [-0.3, -0.25) is 0 Å². The average Bonchev–Trinajstić information content (AvgIpc) is 2.66. The van der Waals surface area contributed by atoms with Crippen molar-refractivity contribution in [1.29, 1.82) is 0 Å². The molecule has 170 valence electrons. The highest BCUT2D eigenvalue weighted by atomic mass is 16.6. The van der Waals surface area contributed by atoms with Crippen molar-refractivity contribution in [3.05, 3.63) is 35.9 Å². The van der Waals surface area contributed by atoms with Crippen LogP contribution < -0.4 is 10.1 Å². The minimum absolute atomic E-state index is 0.0522. The van der Waals surface area contributed by atoms with Crippen molar-refractivity contribution in [1.82, 2.24) is 10.2 Å². The van der Waals surface area contributed by atoms with E-state index in [9.17, 15) is 4.79 Å². The molecule has 1 fully saturated rings. The molecule has 0 atom stereocenters. The summed E-state index contributed by atoms with van der Waals surface area (Å²) in [6.07, 6.45) is 5.98. The van der Waals surface area contributed by atoms with Crippen LogP contribution in [0.15, 0.2) is 34.9 Å². The Kier molecular flexibility index (Phi) is 8.47. The topological polar surface area (TPSA) is 95.8 Å². The van der Waals surface area contributed by atoms with E-state index in [0.717, 1.165) is 31.2 Å². The van der Waals surface area contributed by atoms with Gasteiger partial charge in [-0.25, -0.2) is 9.79 Å². The molecule has 1 aromatic carbocycles. The molecule has 0 aromatic heterocycles. The molecule has 1 aliphatic rings. The van der Waals surface area contributed by atoms with Crippen molar-refractivity contribution in [3.8, 4) is 5.75 Å². The fourth-order valence-electron chi connectivity index (χ4n) is 3.29. The molecule has 0 aliphatic heterocycles. The molecule has 1 aromatic rings. The number of hydrogen-bond donors (Lipinski definition) is 2. The molecule has 0 spiro atoms. The molecule has 0 radical (unpaired) electrons. The minimum Gasteiger partial charge on any atom is -0.490 e. The fraction of sp³-hybridized carbons (Fsp3) is 0.522. The van der Waals surface area contributed by atoms with Crippen LogP contribution in [0.2, 0.25) is 0 Å². The van der Waals surface area contributed by atoms with Crippen molar-refractivity contribution in [2.24, 2.45) is 10.1 Å². The smallest absolute Gasteiger partial charge is 0.407 e. The Morgan fingerprint density at radius 1 is 1.26 bits per heavy atom. The number of nitrogens with one attached hydrogen (secondary N) is 1. The van der Waals surface area contributed by atoms with Gasteiger partial charge in [0.2, 0.25) is 0 Å². The van der Waals surface area contributed by atoms with E-state index in [-0.39, 0.29) is 18.2 Å². The van der Waals surface area contributed by atoms with Gasteiger partial charge in [-0.2, -0.15) is 0 Å². The van der Waals surface area contributed by atoms with Crippen LogP contribution in [0.1, 0.15) is 57.6 Å². The predicted octanol–water partition coefficient (Wildman–Crippen LogP) is 4.27. The highest BCUT2D eigenvalue weighted by Crippen LogP contribution is 2.27. The Balaban J connectivity index is 1.96. The number of oxime groups is 1. The number of ether oxygens (including phenoxy) is 2. The van der Waals surface area contributed by atoms with Crippen molar-refractivity contribution in [2.75, 3.05) is 14.1 Å². The molecule has 8 heteroatoms. The Morgan fingerprint density at radius 2 is 1.94 bits per heavy atom. The van der Waals surface area contributed by atoms with E-state index >= 15 is 0 Å². The van der Waals surface area contributed by atoms with Crippen LogP contribution in [0.4, 0.5) is 4.79 Å². The van der Waals surface area contributed by atoms with Gasteiger partial charge in [0.1, 0.15) is 11.4 Å². The van der Waals surface area contributed by atoms with E-state index in [2.05, 4.69) is 22.0 Å². The van der Waals surface area contributed by atoms with Crippen LogP contribution in [-0.2, 0) is 4.74 Å². The molecule has 2 N–H and O–H groups in total. The first-order valence-electron chi connectivity index (χ1n) is 10.4. The second-order valence-electron chi connectivity index (χ2n) is 8.89. The second kappa shape index (κ2) is 10.8. The van der Waals surface area contributed by atoms with E-state index in [1.54, 1.807) is 6.34 Å². The van der Waals surface area contributed by atoms with E-state index < -0.39 is 5.60 Å². The molecule has 31 heavy (non-hydrogen) atoms. The maximum Gasteiger partial charge on any atom is 0.407 e. The lowest BCUT2D eigenvalue weighted by atomic mass is 9.93. The number of aliphatic imine (C=N–C) groups is 1. The molecule has 0 unspecified atom stereocenters. The van der Waals surface area contributed by atoms with Crippen LogP contribution in [-0.4, -0.2) is 60.6 Å². The van der Waals surface area contributed by atoms with Gasteiger partial charge in [0, 0.05) is 31.3 Å². The number of nitrogens with zero attached hydrogens (tertiary/aromatic N) is 3. The number of hydrogen-bond acceptors (Lipinski definition) is 6. The Bertz CT molecular complexity index is 819. The van der Waals surface area contributed by atoms with Gasteiger partial charge in [-0.05, 0) is 64.7 Å². The largest absolute Gasteiger partial charge is 0.490 e. The molecule has 0 heterocycles. The van der Waals surface area contributed by atoms with E-state index in [0.29, 0.717) is 17.0 Å². The van der Waals surface area contributed by atoms with Gasteiger partial charge in [-0.15, -0.1) is 0 Å². The Labute approximate surface area is 184 Å². The minimum atomic E-state index is -0.505. The summed E-state index contributed by atoms with van der Waals surface area (Å²) in [5.41, 5.74) is 1.48. The maximum absolute atomic E-state index is 12.0. The average molecular weight is 431 g/mol. The summed E-state index contributed by atoms with van der Waals surface area (Å²) in [4.78, 5) is 18.1. The van der Waals surface area contributed by atoms with Crippen molar-refractivity contribution in [3.63, 3.8) is 0 Å². The number of rotatable bonds is 7. The quantitative estimate of drug-likeness (QED) is 0.291.